The Balaban J connectivity index is 2.98. The lowest BCUT2D eigenvalue weighted by Crippen LogP contribution is -2.31. The van der Waals surface area contributed by atoms with Gasteiger partial charge < -0.3 is 5.43 Å². The molecule has 70 valence electrons. The molecule has 1 aromatic rings. The van der Waals surface area contributed by atoms with Gasteiger partial charge >= 0.3 is 0 Å². The van der Waals surface area contributed by atoms with Crippen LogP contribution in [0.2, 0.25) is 0 Å². The van der Waals surface area contributed by atoms with Crippen molar-refractivity contribution in [3.8, 4) is 0 Å². The molecule has 3 N–H and O–H groups in total. The molecule has 0 amide bonds. The molecule has 0 aliphatic carbocycles. The zero-order valence-electron chi connectivity index (χ0n) is 7.29. The highest BCUT2D eigenvalue weighted by atomic mass is 79.9. The van der Waals surface area contributed by atoms with E-state index < -0.39 is 0 Å². The lowest BCUT2D eigenvalue weighted by atomic mass is 10.2. The van der Waals surface area contributed by atoms with E-state index in [2.05, 4.69) is 31.3 Å². The summed E-state index contributed by atoms with van der Waals surface area (Å²) in [5.41, 5.74) is 3.41. The number of amidine groups is 1. The molecular formula is C8H11BrN4. The molecule has 0 bridgehead atoms. The fraction of sp³-hybridized carbons (Fsp3) is 0.250. The van der Waals surface area contributed by atoms with Crippen LogP contribution in [0.5, 0.6) is 0 Å². The highest BCUT2D eigenvalue weighted by Crippen LogP contribution is 2.09. The Morgan fingerprint density at radius 3 is 3.00 bits per heavy atom. The average Bonchev–Trinajstić information content (AvgIpc) is 2.14. The van der Waals surface area contributed by atoms with Crippen molar-refractivity contribution in [3.05, 3.63) is 28.5 Å². The Hall–Kier alpha value is -0.940. The van der Waals surface area contributed by atoms with Gasteiger partial charge in [0.2, 0.25) is 0 Å². The number of hydrazine groups is 1. The number of rotatable bonds is 2. The minimum Gasteiger partial charge on any atom is -0.308 e. The molecule has 0 aliphatic heterocycles. The molecule has 4 nitrogen and oxygen atoms in total. The van der Waals surface area contributed by atoms with Crippen LogP contribution < -0.4 is 11.3 Å². The van der Waals surface area contributed by atoms with E-state index in [0.29, 0.717) is 12.4 Å². The van der Waals surface area contributed by atoms with E-state index in [4.69, 9.17) is 5.84 Å². The van der Waals surface area contributed by atoms with Crippen molar-refractivity contribution in [2.24, 2.45) is 10.8 Å². The molecule has 0 aliphatic rings. The van der Waals surface area contributed by atoms with Crippen LogP contribution in [0.4, 0.5) is 0 Å². The molecule has 0 saturated heterocycles. The number of nitrogens with zero attached hydrogens (tertiary/aromatic N) is 2. The number of halogens is 1. The number of aromatic nitrogens is 1. The van der Waals surface area contributed by atoms with Gasteiger partial charge in [0, 0.05) is 29.0 Å². The predicted octanol–water partition coefficient (Wildman–Crippen LogP) is 1.07. The van der Waals surface area contributed by atoms with Gasteiger partial charge in [0.1, 0.15) is 5.84 Å². The van der Waals surface area contributed by atoms with Gasteiger partial charge in [0.25, 0.3) is 0 Å². The quantitative estimate of drug-likeness (QED) is 0.353. The summed E-state index contributed by atoms with van der Waals surface area (Å²) in [6.07, 6.45) is 3.42. The zero-order chi connectivity index (χ0) is 9.68. The van der Waals surface area contributed by atoms with Gasteiger partial charge in [-0.25, -0.2) is 5.84 Å². The molecule has 0 unspecified atom stereocenters. The Labute approximate surface area is 85.4 Å². The average molecular weight is 243 g/mol. The van der Waals surface area contributed by atoms with Gasteiger partial charge in [-0.1, -0.05) is 0 Å². The molecule has 1 rings (SSSR count). The fourth-order valence-corrected chi connectivity index (χ4v) is 1.28. The third kappa shape index (κ3) is 2.78. The summed E-state index contributed by atoms with van der Waals surface area (Å²) < 4.78 is 0.907. The van der Waals surface area contributed by atoms with Crippen LogP contribution in [0.25, 0.3) is 0 Å². The summed E-state index contributed by atoms with van der Waals surface area (Å²) in [7, 11) is 0. The van der Waals surface area contributed by atoms with Crippen molar-refractivity contribution < 1.29 is 0 Å². The van der Waals surface area contributed by atoms with Crippen molar-refractivity contribution in [1.82, 2.24) is 10.4 Å². The number of nitrogens with two attached hydrogens (primary N) is 1. The van der Waals surface area contributed by atoms with Crippen LogP contribution in [0.1, 0.15) is 12.5 Å². The monoisotopic (exact) mass is 242 g/mol. The second-order valence-electron chi connectivity index (χ2n) is 2.36. The molecule has 1 heterocycles. The van der Waals surface area contributed by atoms with Crippen molar-refractivity contribution in [2.75, 3.05) is 6.54 Å². The highest BCUT2D eigenvalue weighted by Gasteiger charge is 2.00. The largest absolute Gasteiger partial charge is 0.308 e. The third-order valence-corrected chi connectivity index (χ3v) is 1.86. The van der Waals surface area contributed by atoms with E-state index in [1.54, 1.807) is 12.4 Å². The van der Waals surface area contributed by atoms with E-state index in [9.17, 15) is 0 Å². The van der Waals surface area contributed by atoms with Crippen LogP contribution in [0.15, 0.2) is 27.9 Å². The second-order valence-corrected chi connectivity index (χ2v) is 3.27. The molecule has 0 aromatic carbocycles. The number of pyridine rings is 1. The zero-order valence-corrected chi connectivity index (χ0v) is 8.87. The lowest BCUT2D eigenvalue weighted by molar-refractivity contribution is 0.989. The third-order valence-electron chi connectivity index (χ3n) is 1.43. The summed E-state index contributed by atoms with van der Waals surface area (Å²) in [4.78, 5) is 8.19. The van der Waals surface area contributed by atoms with Gasteiger partial charge in [-0.15, -0.1) is 0 Å². The Morgan fingerprint density at radius 1 is 1.69 bits per heavy atom. The van der Waals surface area contributed by atoms with Crippen LogP contribution in [0, 0.1) is 0 Å². The predicted molar refractivity (Wildman–Crippen MR) is 56.3 cm³/mol. The van der Waals surface area contributed by atoms with Crippen LogP contribution in [0.3, 0.4) is 0 Å². The van der Waals surface area contributed by atoms with Gasteiger partial charge in [0.05, 0.1) is 0 Å². The molecular weight excluding hydrogens is 232 g/mol. The normalized spacial score (nSPS) is 11.5. The number of nitrogens with one attached hydrogen (secondary N) is 1. The summed E-state index contributed by atoms with van der Waals surface area (Å²) in [5, 5.41) is 0. The van der Waals surface area contributed by atoms with E-state index in [1.165, 1.54) is 0 Å². The highest BCUT2D eigenvalue weighted by molar-refractivity contribution is 9.10. The SMILES string of the molecule is CCN=C(NN)c1cncc(Br)c1. The molecule has 1 aromatic heterocycles. The van der Waals surface area contributed by atoms with Crippen molar-refractivity contribution in [3.63, 3.8) is 0 Å². The van der Waals surface area contributed by atoms with Crippen LogP contribution in [-0.4, -0.2) is 17.4 Å². The maximum atomic E-state index is 5.32. The minimum absolute atomic E-state index is 0.649. The topological polar surface area (TPSA) is 63.3 Å². The molecule has 5 heteroatoms. The van der Waals surface area contributed by atoms with Gasteiger partial charge in [0.15, 0.2) is 0 Å². The van der Waals surface area contributed by atoms with Crippen molar-refractivity contribution in [2.45, 2.75) is 6.92 Å². The van der Waals surface area contributed by atoms with Gasteiger partial charge in [-0.3, -0.25) is 9.98 Å². The molecule has 13 heavy (non-hydrogen) atoms. The smallest absolute Gasteiger partial charge is 0.144 e. The first kappa shape index (κ1) is 10.1. The fourth-order valence-electron chi connectivity index (χ4n) is 0.920. The summed E-state index contributed by atoms with van der Waals surface area (Å²) in [6, 6.07) is 1.90. The van der Waals surface area contributed by atoms with Crippen LogP contribution in [-0.2, 0) is 0 Å². The summed E-state index contributed by atoms with van der Waals surface area (Å²) in [5.74, 6) is 5.97. The number of hydrogen-bond acceptors (Lipinski definition) is 3. The van der Waals surface area contributed by atoms with Crippen molar-refractivity contribution >= 4 is 21.8 Å². The second kappa shape index (κ2) is 4.94. The van der Waals surface area contributed by atoms with E-state index in [1.807, 2.05) is 13.0 Å². The Bertz CT molecular complexity index is 311. The maximum Gasteiger partial charge on any atom is 0.144 e. The molecule has 0 fully saturated rings. The van der Waals surface area contributed by atoms with Gasteiger partial charge in [-0.2, -0.15) is 0 Å². The Morgan fingerprint density at radius 2 is 2.46 bits per heavy atom. The van der Waals surface area contributed by atoms with E-state index >= 15 is 0 Å². The first-order valence-electron chi connectivity index (χ1n) is 3.90. The van der Waals surface area contributed by atoms with E-state index in [-0.39, 0.29) is 0 Å². The van der Waals surface area contributed by atoms with Crippen molar-refractivity contribution in [1.29, 1.82) is 0 Å². The first-order chi connectivity index (χ1) is 6.27. The maximum absolute atomic E-state index is 5.32. The van der Waals surface area contributed by atoms with E-state index in [0.717, 1.165) is 10.0 Å². The first-order valence-corrected chi connectivity index (χ1v) is 4.69. The molecule has 0 radical (unpaired) electrons. The molecule has 0 saturated carbocycles. The lowest BCUT2D eigenvalue weighted by Gasteiger charge is -2.04. The van der Waals surface area contributed by atoms with Crippen LogP contribution >= 0.6 is 15.9 Å². The summed E-state index contributed by atoms with van der Waals surface area (Å²) >= 11 is 3.32. The minimum atomic E-state index is 0.649. The Kier molecular flexibility index (Phi) is 3.85. The molecule has 0 spiro atoms. The number of hydrogen-bond donors (Lipinski definition) is 2. The number of aliphatic imine (C=N–C) groups is 1. The molecule has 0 atom stereocenters. The van der Waals surface area contributed by atoms with Gasteiger partial charge in [-0.05, 0) is 28.9 Å². The summed E-state index contributed by atoms with van der Waals surface area (Å²) in [6.45, 7) is 2.63. The standard InChI is InChI=1S/C8H11BrN4/c1-2-12-8(13-10)6-3-7(9)5-11-4-6/h3-5H,2,10H2,1H3,(H,12,13).